The van der Waals surface area contributed by atoms with Gasteiger partial charge in [-0.2, -0.15) is 0 Å². The van der Waals surface area contributed by atoms with Crippen molar-refractivity contribution in [3.8, 4) is 0 Å². The number of allylic oxidation sites excluding steroid dienone is 1. The first-order chi connectivity index (χ1) is 3.77. The van der Waals surface area contributed by atoms with Gasteiger partial charge in [-0.15, -0.1) is 6.58 Å². The van der Waals surface area contributed by atoms with Crippen LogP contribution in [0.4, 0.5) is 0 Å². The molecule has 0 aromatic heterocycles. The first kappa shape index (κ1) is 8.22. The molecule has 0 aromatic carbocycles. The summed E-state index contributed by atoms with van der Waals surface area (Å²) in [6, 6.07) is 0. The van der Waals surface area contributed by atoms with Gasteiger partial charge >= 0.3 is 0 Å². The fraction of sp³-hybridized carbons (Fsp3) is 0.714. The van der Waals surface area contributed by atoms with E-state index in [1.165, 1.54) is 24.8 Å². The van der Waals surface area contributed by atoms with Crippen molar-refractivity contribution in [3.63, 3.8) is 0 Å². The minimum absolute atomic E-state index is 1.13. The maximum Gasteiger partial charge on any atom is 0.00314 e. The van der Waals surface area contributed by atoms with Gasteiger partial charge in [0, 0.05) is 5.33 Å². The molecular formula is C7H13Br. The number of hydrogen-bond donors (Lipinski definition) is 0. The topological polar surface area (TPSA) is 0 Å². The largest absolute Gasteiger partial charge is 0.100 e. The van der Waals surface area contributed by atoms with Gasteiger partial charge in [-0.05, 0) is 26.2 Å². The van der Waals surface area contributed by atoms with Gasteiger partial charge in [0.1, 0.15) is 0 Å². The van der Waals surface area contributed by atoms with E-state index in [9.17, 15) is 0 Å². The van der Waals surface area contributed by atoms with Gasteiger partial charge in [0.05, 0.1) is 0 Å². The summed E-state index contributed by atoms with van der Waals surface area (Å²) in [4.78, 5) is 0. The Balaban J connectivity index is 2.82. The third-order valence-electron chi connectivity index (χ3n) is 0.987. The van der Waals surface area contributed by atoms with E-state index in [2.05, 4.69) is 29.4 Å². The second-order valence-corrected chi connectivity index (χ2v) is 2.90. The van der Waals surface area contributed by atoms with Gasteiger partial charge in [0.2, 0.25) is 0 Å². The Morgan fingerprint density at radius 3 is 2.50 bits per heavy atom. The van der Waals surface area contributed by atoms with Crippen molar-refractivity contribution in [1.29, 1.82) is 0 Å². The molecule has 1 heteroatoms. The highest BCUT2D eigenvalue weighted by molar-refractivity contribution is 9.09. The molecule has 0 unspecified atom stereocenters. The molecule has 0 spiro atoms. The summed E-state index contributed by atoms with van der Waals surface area (Å²) in [6.07, 6.45) is 3.74. The van der Waals surface area contributed by atoms with E-state index in [-0.39, 0.29) is 0 Å². The van der Waals surface area contributed by atoms with E-state index in [4.69, 9.17) is 0 Å². The van der Waals surface area contributed by atoms with E-state index in [0.29, 0.717) is 0 Å². The van der Waals surface area contributed by atoms with Crippen molar-refractivity contribution in [2.45, 2.75) is 26.2 Å². The van der Waals surface area contributed by atoms with Gasteiger partial charge in [-0.3, -0.25) is 0 Å². The highest BCUT2D eigenvalue weighted by Crippen LogP contribution is 2.04. The normalized spacial score (nSPS) is 9.25. The van der Waals surface area contributed by atoms with Gasteiger partial charge in [0.25, 0.3) is 0 Å². The lowest BCUT2D eigenvalue weighted by Crippen LogP contribution is -1.77. The molecular weight excluding hydrogens is 164 g/mol. The molecule has 0 atom stereocenters. The predicted molar refractivity (Wildman–Crippen MR) is 42.5 cm³/mol. The fourth-order valence-electron chi connectivity index (χ4n) is 0.521. The van der Waals surface area contributed by atoms with Crippen LogP contribution in [0.3, 0.4) is 0 Å². The van der Waals surface area contributed by atoms with Crippen LogP contribution in [0.1, 0.15) is 26.2 Å². The summed E-state index contributed by atoms with van der Waals surface area (Å²) in [5.74, 6) is 0. The second-order valence-electron chi connectivity index (χ2n) is 2.10. The molecule has 0 amide bonds. The molecule has 0 nitrogen and oxygen atoms in total. The van der Waals surface area contributed by atoms with Crippen LogP contribution < -0.4 is 0 Å². The average Bonchev–Trinajstić information content (AvgIpc) is 1.66. The Kier molecular flexibility index (Phi) is 5.51. The number of rotatable bonds is 4. The summed E-state index contributed by atoms with van der Waals surface area (Å²) in [5.41, 5.74) is 1.30. The monoisotopic (exact) mass is 176 g/mol. The molecule has 0 aromatic rings. The highest BCUT2D eigenvalue weighted by atomic mass is 79.9. The molecule has 0 radical (unpaired) electrons. The lowest BCUT2D eigenvalue weighted by atomic mass is 10.2. The first-order valence-electron chi connectivity index (χ1n) is 2.97. The van der Waals surface area contributed by atoms with Gasteiger partial charge in [-0.1, -0.05) is 21.5 Å². The summed E-state index contributed by atoms with van der Waals surface area (Å²) in [5, 5.41) is 1.13. The minimum Gasteiger partial charge on any atom is -0.100 e. The maximum atomic E-state index is 3.81. The van der Waals surface area contributed by atoms with Crippen LogP contribution in [0.5, 0.6) is 0 Å². The molecule has 0 fully saturated rings. The van der Waals surface area contributed by atoms with Crippen molar-refractivity contribution >= 4 is 15.9 Å². The zero-order valence-electron chi connectivity index (χ0n) is 5.41. The van der Waals surface area contributed by atoms with Gasteiger partial charge in [0.15, 0.2) is 0 Å². The molecule has 0 heterocycles. The van der Waals surface area contributed by atoms with Gasteiger partial charge in [-0.25, -0.2) is 0 Å². The smallest absolute Gasteiger partial charge is 0.00314 e. The molecule has 0 rings (SSSR count). The third-order valence-corrected chi connectivity index (χ3v) is 1.55. The van der Waals surface area contributed by atoms with E-state index in [0.717, 1.165) is 5.33 Å². The van der Waals surface area contributed by atoms with Crippen LogP contribution in [0.15, 0.2) is 12.2 Å². The van der Waals surface area contributed by atoms with Crippen LogP contribution in [-0.4, -0.2) is 5.33 Å². The van der Waals surface area contributed by atoms with Crippen molar-refractivity contribution in [1.82, 2.24) is 0 Å². The number of halogens is 1. The number of alkyl halides is 1. The summed E-state index contributed by atoms with van der Waals surface area (Å²) < 4.78 is 0. The zero-order valence-corrected chi connectivity index (χ0v) is 7.00. The Hall–Kier alpha value is 0.220. The fourth-order valence-corrected chi connectivity index (χ4v) is 0.918. The lowest BCUT2D eigenvalue weighted by molar-refractivity contribution is 0.800. The summed E-state index contributed by atoms with van der Waals surface area (Å²) in [6.45, 7) is 5.89. The molecule has 0 aliphatic rings. The van der Waals surface area contributed by atoms with Gasteiger partial charge < -0.3 is 0 Å². The quantitative estimate of drug-likeness (QED) is 0.351. The Labute approximate surface area is 60.1 Å². The third kappa shape index (κ3) is 6.22. The zero-order chi connectivity index (χ0) is 6.41. The average molecular weight is 177 g/mol. The van der Waals surface area contributed by atoms with E-state index in [1.54, 1.807) is 0 Å². The van der Waals surface area contributed by atoms with Crippen LogP contribution in [0.2, 0.25) is 0 Å². The van der Waals surface area contributed by atoms with Crippen LogP contribution in [0, 0.1) is 0 Å². The predicted octanol–water partition coefficient (Wildman–Crippen LogP) is 3.13. The number of hydrogen-bond acceptors (Lipinski definition) is 0. The number of unbranched alkanes of at least 4 members (excludes halogenated alkanes) is 1. The van der Waals surface area contributed by atoms with Crippen LogP contribution in [0.25, 0.3) is 0 Å². The molecule has 0 saturated heterocycles. The molecule has 0 N–H and O–H groups in total. The minimum atomic E-state index is 1.13. The Morgan fingerprint density at radius 2 is 2.12 bits per heavy atom. The molecule has 48 valence electrons. The van der Waals surface area contributed by atoms with E-state index >= 15 is 0 Å². The van der Waals surface area contributed by atoms with Crippen molar-refractivity contribution in [2.75, 3.05) is 5.33 Å². The molecule has 0 aliphatic carbocycles. The highest BCUT2D eigenvalue weighted by Gasteiger charge is 1.85. The summed E-state index contributed by atoms with van der Waals surface area (Å²) in [7, 11) is 0. The first-order valence-corrected chi connectivity index (χ1v) is 4.10. The second kappa shape index (κ2) is 5.36. The van der Waals surface area contributed by atoms with E-state index in [1.807, 2.05) is 0 Å². The standard InChI is InChI=1S/C7H13Br/c1-7(2)5-3-4-6-8/h1,3-6H2,2H3. The molecule has 0 aliphatic heterocycles. The lowest BCUT2D eigenvalue weighted by Gasteiger charge is -1.94. The van der Waals surface area contributed by atoms with E-state index < -0.39 is 0 Å². The molecule has 0 saturated carbocycles. The Morgan fingerprint density at radius 1 is 1.50 bits per heavy atom. The van der Waals surface area contributed by atoms with Crippen molar-refractivity contribution < 1.29 is 0 Å². The molecule has 0 bridgehead atoms. The van der Waals surface area contributed by atoms with Crippen molar-refractivity contribution in [3.05, 3.63) is 12.2 Å². The summed E-state index contributed by atoms with van der Waals surface area (Å²) >= 11 is 3.37. The SMILES string of the molecule is C=C(C)CCCCBr. The van der Waals surface area contributed by atoms with Crippen molar-refractivity contribution in [2.24, 2.45) is 0 Å². The maximum absolute atomic E-state index is 3.81. The molecule has 8 heavy (non-hydrogen) atoms. The Bertz CT molecular complexity index is 66.8. The van der Waals surface area contributed by atoms with Crippen LogP contribution in [-0.2, 0) is 0 Å². The van der Waals surface area contributed by atoms with Crippen LogP contribution >= 0.6 is 15.9 Å².